The van der Waals surface area contributed by atoms with Gasteiger partial charge in [-0.15, -0.1) is 4.67 Å². The number of fused-ring (bicyclic) bond motifs is 1. The van der Waals surface area contributed by atoms with E-state index in [1.165, 1.54) is 6.33 Å². The van der Waals surface area contributed by atoms with Crippen molar-refractivity contribution in [3.05, 3.63) is 144 Å². The predicted octanol–water partition coefficient (Wildman–Crippen LogP) is 10.6. The third-order valence-electron chi connectivity index (χ3n) is 13.3. The van der Waals surface area contributed by atoms with Crippen LogP contribution in [0, 0.1) is 11.3 Å². The first-order valence-electron chi connectivity index (χ1n) is 23.7. The Morgan fingerprint density at radius 1 is 0.843 bits per heavy atom. The van der Waals surface area contributed by atoms with E-state index in [0.717, 1.165) is 16.7 Å². The molecule has 0 spiro atoms. The molecule has 1 amide bonds. The zero-order valence-corrected chi connectivity index (χ0v) is 44.0. The lowest BCUT2D eigenvalue weighted by Gasteiger charge is -2.42. The molecule has 0 saturated carbocycles. The molecule has 1 aliphatic rings. The first-order valence-corrected chi connectivity index (χ1v) is 28.4. The van der Waals surface area contributed by atoms with Gasteiger partial charge in [-0.3, -0.25) is 9.36 Å². The highest BCUT2D eigenvalue weighted by Crippen LogP contribution is 2.64. The molecule has 1 unspecified atom stereocenters. The Morgan fingerprint density at radius 2 is 1.40 bits per heavy atom. The van der Waals surface area contributed by atoms with Gasteiger partial charge in [-0.25, -0.2) is 19.8 Å². The molecule has 17 heteroatoms. The maximum absolute atomic E-state index is 13.5. The van der Waals surface area contributed by atoms with Gasteiger partial charge in [-0.05, 0) is 98.9 Å². The SMILES string of the molecule is COc1ccc(C(OC[C@H]2O[C@@H](n3cnc4c(NC(=O)c5ccccc5)ncnc43)[C@H](O[P+](O)(CCC#N)N(C(C)C)C(C)C)[C@@H]2O[Si](C)(C)C(C)(C)C)(c2ccccc2)c2ccc(OC)cc2)cc1. The molecule has 6 aromatic rings. The van der Waals surface area contributed by atoms with E-state index in [-0.39, 0.29) is 48.0 Å². The van der Waals surface area contributed by atoms with E-state index in [2.05, 4.69) is 50.2 Å². The van der Waals surface area contributed by atoms with Gasteiger partial charge in [-0.1, -0.05) is 93.6 Å². The van der Waals surface area contributed by atoms with Gasteiger partial charge >= 0.3 is 7.87 Å². The molecular weight excluding hydrogens is 922 g/mol. The quantitative estimate of drug-likeness (QED) is 0.0420. The molecule has 370 valence electrons. The molecule has 5 atom stereocenters. The maximum atomic E-state index is 13.5. The molecule has 2 N–H and O–H groups in total. The zero-order valence-electron chi connectivity index (χ0n) is 42.1. The average Bonchev–Trinajstić information content (AvgIpc) is 3.92. The van der Waals surface area contributed by atoms with E-state index in [9.17, 15) is 14.9 Å². The van der Waals surface area contributed by atoms with Gasteiger partial charge in [0, 0.05) is 17.6 Å². The minimum absolute atomic E-state index is 0.0320. The molecule has 4 aromatic carbocycles. The van der Waals surface area contributed by atoms with Gasteiger partial charge in [0.25, 0.3) is 5.91 Å². The van der Waals surface area contributed by atoms with Crippen LogP contribution in [0.4, 0.5) is 5.82 Å². The summed E-state index contributed by atoms with van der Waals surface area (Å²) in [7, 11) is -3.07. The Morgan fingerprint density at radius 3 is 1.93 bits per heavy atom. The number of nitriles is 1. The van der Waals surface area contributed by atoms with Crippen LogP contribution in [-0.4, -0.2) is 101 Å². The van der Waals surface area contributed by atoms with Gasteiger partial charge in [0.05, 0.1) is 39.6 Å². The van der Waals surface area contributed by atoms with E-state index < -0.39 is 46.3 Å². The van der Waals surface area contributed by atoms with Gasteiger partial charge in [0.1, 0.15) is 41.8 Å². The van der Waals surface area contributed by atoms with Crippen LogP contribution < -0.4 is 14.8 Å². The molecule has 7 rings (SSSR count). The number of benzene rings is 4. The highest BCUT2D eigenvalue weighted by atomic mass is 31.2. The predicted molar refractivity (Wildman–Crippen MR) is 275 cm³/mol. The molecule has 70 heavy (non-hydrogen) atoms. The topological polar surface area (TPSA) is 175 Å². The maximum Gasteiger partial charge on any atom is 0.347 e. The third-order valence-corrected chi connectivity index (χ3v) is 20.8. The van der Waals surface area contributed by atoms with E-state index in [4.69, 9.17) is 37.9 Å². The van der Waals surface area contributed by atoms with Crippen molar-refractivity contribution in [2.24, 2.45) is 0 Å². The second kappa shape index (κ2) is 21.8. The summed E-state index contributed by atoms with van der Waals surface area (Å²) in [4.78, 5) is 40.5. The van der Waals surface area contributed by atoms with Gasteiger partial charge in [-0.2, -0.15) is 9.79 Å². The van der Waals surface area contributed by atoms with Crippen LogP contribution in [-0.2, 0) is 24.0 Å². The Hall–Kier alpha value is -5.60. The summed E-state index contributed by atoms with van der Waals surface area (Å²) in [5.41, 5.74) is 2.42. The fraction of sp³-hybridized carbons (Fsp3) is 0.415. The number of anilines is 1. The third kappa shape index (κ3) is 10.8. The lowest BCUT2D eigenvalue weighted by molar-refractivity contribution is -0.0928. The number of carbonyl (C=O) groups excluding carboxylic acids is 1. The summed E-state index contributed by atoms with van der Waals surface area (Å²) >= 11 is 0. The van der Waals surface area contributed by atoms with Crippen LogP contribution in [0.1, 0.15) is 88.2 Å². The molecule has 0 radical (unpaired) electrons. The number of rotatable bonds is 20. The number of carbonyl (C=O) groups is 1. The molecule has 3 heterocycles. The van der Waals surface area contributed by atoms with Crippen LogP contribution in [0.3, 0.4) is 0 Å². The van der Waals surface area contributed by atoms with Crippen molar-refractivity contribution in [2.45, 2.75) is 115 Å². The summed E-state index contributed by atoms with van der Waals surface area (Å²) in [5.74, 6) is 1.22. The van der Waals surface area contributed by atoms with E-state index in [1.54, 1.807) is 49.4 Å². The van der Waals surface area contributed by atoms with Crippen molar-refractivity contribution < 1.29 is 37.6 Å². The van der Waals surface area contributed by atoms with Crippen molar-refractivity contribution in [1.29, 1.82) is 5.26 Å². The Kier molecular flexibility index (Phi) is 16.3. The van der Waals surface area contributed by atoms with Crippen LogP contribution >= 0.6 is 7.87 Å². The van der Waals surface area contributed by atoms with Crippen molar-refractivity contribution in [2.75, 3.05) is 32.3 Å². The van der Waals surface area contributed by atoms with E-state index in [1.807, 2.05) is 117 Å². The lowest BCUT2D eigenvalue weighted by atomic mass is 9.80. The number of nitrogens with zero attached hydrogens (tertiary/aromatic N) is 6. The number of aromatic nitrogens is 4. The molecule has 15 nitrogen and oxygen atoms in total. The number of hydrogen-bond acceptors (Lipinski definition) is 13. The Balaban J connectivity index is 1.42. The molecule has 0 aliphatic carbocycles. The van der Waals surface area contributed by atoms with Crippen LogP contribution in [0.2, 0.25) is 18.1 Å². The average molecular weight is 989 g/mol. The monoisotopic (exact) mass is 988 g/mol. The van der Waals surface area contributed by atoms with Crippen LogP contribution in [0.25, 0.3) is 11.2 Å². The van der Waals surface area contributed by atoms with Crippen molar-refractivity contribution in [1.82, 2.24) is 24.2 Å². The molecule has 1 fully saturated rings. The fourth-order valence-electron chi connectivity index (χ4n) is 8.95. The molecule has 1 saturated heterocycles. The van der Waals surface area contributed by atoms with Crippen LogP contribution in [0.15, 0.2) is 122 Å². The highest BCUT2D eigenvalue weighted by Gasteiger charge is 2.60. The summed E-state index contributed by atoms with van der Waals surface area (Å²) in [5, 5.41) is 12.7. The molecule has 2 aromatic heterocycles. The summed E-state index contributed by atoms with van der Waals surface area (Å²) in [6.07, 6.45) is -0.646. The Bertz CT molecular complexity index is 2660. The smallest absolute Gasteiger partial charge is 0.347 e. The highest BCUT2D eigenvalue weighted by molar-refractivity contribution is 7.63. The minimum Gasteiger partial charge on any atom is -0.497 e. The number of methoxy groups -OCH3 is 2. The van der Waals surface area contributed by atoms with Crippen molar-refractivity contribution in [3.63, 3.8) is 0 Å². The summed E-state index contributed by atoms with van der Waals surface area (Å²) < 4.78 is 44.7. The van der Waals surface area contributed by atoms with E-state index >= 15 is 0 Å². The molecular formula is C53H67N7O8PSi+. The van der Waals surface area contributed by atoms with E-state index in [0.29, 0.717) is 28.2 Å². The van der Waals surface area contributed by atoms with Gasteiger partial charge in [0.15, 0.2) is 37.6 Å². The van der Waals surface area contributed by atoms with Crippen molar-refractivity contribution in [3.8, 4) is 17.6 Å². The zero-order chi connectivity index (χ0) is 50.4. The second-order valence-corrected chi connectivity index (χ2v) is 26.7. The summed E-state index contributed by atoms with van der Waals surface area (Å²) in [6, 6.07) is 36.5. The number of amides is 1. The molecule has 0 bridgehead atoms. The fourth-order valence-corrected chi connectivity index (χ4v) is 13.2. The number of nitrogens with one attached hydrogen (secondary N) is 1. The second-order valence-electron chi connectivity index (χ2n) is 19.5. The minimum atomic E-state index is -3.62. The largest absolute Gasteiger partial charge is 0.497 e. The first-order chi connectivity index (χ1) is 33.4. The summed E-state index contributed by atoms with van der Waals surface area (Å²) in [6.45, 7) is 18.9. The lowest BCUT2D eigenvalue weighted by Crippen LogP contribution is -2.51. The number of hydrogen-bond donors (Lipinski definition) is 2. The van der Waals surface area contributed by atoms with Crippen molar-refractivity contribution >= 4 is 39.1 Å². The number of ether oxygens (including phenoxy) is 4. The van der Waals surface area contributed by atoms with Crippen LogP contribution in [0.5, 0.6) is 11.5 Å². The number of imidazole rings is 1. The van der Waals surface area contributed by atoms with Gasteiger partial charge < -0.3 is 28.7 Å². The first kappa shape index (κ1) is 52.2. The molecule has 1 aliphatic heterocycles. The Labute approximate surface area is 413 Å². The normalized spacial score (nSPS) is 18.5. The van der Waals surface area contributed by atoms with Gasteiger partial charge in [0.2, 0.25) is 0 Å². The standard InChI is InChI=1S/C53H66N7O8PSi/c1-36(2)60(37(3)4)69(62,32-18-31-54)67-47-46(68-70(10,11)52(5,6)7)44(66-51(47)59-35-57-45-48(55-34-56-49(45)59)58-50(61)38-19-14-12-15-20-38)33-65-53(39-21-16-13-17-22-39,40-23-27-42(63-8)28-24-40)41-25-29-43(64-9)30-26-41/h12-17,19-30,34-37,44,46-47,51,62H,18,32-33H2,1-11H3/p+1/t44-,46-,47-,51-,69?/m1/s1.